The molecule has 1 rings (SSSR count). The zero-order valence-corrected chi connectivity index (χ0v) is 14.6. The summed E-state index contributed by atoms with van der Waals surface area (Å²) < 4.78 is 0. The van der Waals surface area contributed by atoms with E-state index in [1.807, 2.05) is 0 Å². The van der Waals surface area contributed by atoms with Crippen LogP contribution in [0, 0.1) is 13.8 Å². The summed E-state index contributed by atoms with van der Waals surface area (Å²) in [7, 11) is 0. The van der Waals surface area contributed by atoms with Crippen LogP contribution < -0.4 is 56.6 Å². The summed E-state index contributed by atoms with van der Waals surface area (Å²) in [5.41, 5.74) is 0.476. The van der Waals surface area contributed by atoms with Gasteiger partial charge in [0.1, 0.15) is 0 Å². The van der Waals surface area contributed by atoms with E-state index in [1.165, 1.54) is 31.4 Å². The second-order valence-electron chi connectivity index (χ2n) is 5.17. The molecule has 0 aromatic heterocycles. The number of nitrogens with zero attached hydrogens (tertiary/aromatic N) is 1. The van der Waals surface area contributed by atoms with Crippen molar-refractivity contribution in [2.75, 3.05) is 0 Å². The Morgan fingerprint density at radius 1 is 0.850 bits per heavy atom. The third-order valence-electron chi connectivity index (χ3n) is 2.18. The van der Waals surface area contributed by atoms with Crippen LogP contribution in [0.25, 0.3) is 5.32 Å². The fourth-order valence-corrected chi connectivity index (χ4v) is 1.88. The van der Waals surface area contributed by atoms with Gasteiger partial charge in [-0.25, -0.2) is 39.2 Å². The van der Waals surface area contributed by atoms with Crippen molar-refractivity contribution < 1.29 is 76.1 Å². The fraction of sp³-hybridized carbons (Fsp3) is 0.600. The van der Waals surface area contributed by atoms with Gasteiger partial charge in [0.15, 0.2) is 0 Å². The molecular formula is C15H30Li3NZn. The summed E-state index contributed by atoms with van der Waals surface area (Å²) >= 11 is 0. The summed E-state index contributed by atoms with van der Waals surface area (Å²) in [6, 6.07) is 0. The van der Waals surface area contributed by atoms with E-state index in [-0.39, 0.29) is 87.1 Å². The molecule has 1 aliphatic heterocycles. The molecule has 0 atom stereocenters. The first-order chi connectivity index (χ1) is 7.24. The van der Waals surface area contributed by atoms with Crippen molar-refractivity contribution in [1.29, 1.82) is 0 Å². The van der Waals surface area contributed by atoms with Crippen LogP contribution in [0.3, 0.4) is 0 Å². The van der Waals surface area contributed by atoms with E-state index in [1.54, 1.807) is 0 Å². The molecule has 0 saturated carbocycles. The van der Waals surface area contributed by atoms with Crippen molar-refractivity contribution in [3.63, 3.8) is 0 Å². The van der Waals surface area contributed by atoms with E-state index >= 15 is 0 Å². The minimum atomic E-state index is 0. The standard InChI is InChI=1S/C9H18N.2C3H5.3Li.Zn.2H/c1-8(2)6-5-7-9(3,4)10-8;2*1-3-2;;;;;;/h5-7H2,1-4H3;2*3H,1-2H2;;;;;;/q3*-1;3*+1;;;. The Bertz CT molecular complexity index is 187. The normalized spacial score (nSPS) is 16.2. The van der Waals surface area contributed by atoms with Crippen LogP contribution >= 0.6 is 0 Å². The van der Waals surface area contributed by atoms with E-state index in [2.05, 4.69) is 54.7 Å². The van der Waals surface area contributed by atoms with Gasteiger partial charge in [-0.1, -0.05) is 47.0 Å². The monoisotopic (exact) mass is 309 g/mol. The van der Waals surface area contributed by atoms with E-state index in [0.29, 0.717) is 0 Å². The van der Waals surface area contributed by atoms with Gasteiger partial charge in [-0.3, -0.25) is 0 Å². The summed E-state index contributed by atoms with van der Waals surface area (Å²) in [6.07, 6.45) is 6.86. The van der Waals surface area contributed by atoms with Gasteiger partial charge in [0, 0.05) is 0 Å². The molecule has 0 amide bonds. The molecule has 1 saturated heterocycles. The summed E-state index contributed by atoms with van der Waals surface area (Å²) in [6.45, 7) is 21.9. The molecule has 0 unspecified atom stereocenters. The van der Waals surface area contributed by atoms with E-state index in [4.69, 9.17) is 5.32 Å². The van der Waals surface area contributed by atoms with Crippen LogP contribution in [0.15, 0.2) is 25.3 Å². The first-order valence-corrected chi connectivity index (χ1v) is 5.79. The first-order valence-electron chi connectivity index (χ1n) is 5.79. The molecule has 0 N–H and O–H groups in total. The van der Waals surface area contributed by atoms with E-state index in [0.717, 1.165) is 0 Å². The number of rotatable bonds is 0. The van der Waals surface area contributed by atoms with Gasteiger partial charge >= 0.3 is 76.1 Å². The molecule has 1 heterocycles. The quantitative estimate of drug-likeness (QED) is 0.317. The van der Waals surface area contributed by atoms with Crippen molar-refractivity contribution in [3.05, 3.63) is 44.5 Å². The molecule has 100 valence electrons. The van der Waals surface area contributed by atoms with Crippen LogP contribution in [0.1, 0.15) is 47.0 Å². The number of hydrogen-bond donors (Lipinski definition) is 0. The predicted molar refractivity (Wildman–Crippen MR) is 79.3 cm³/mol. The molecule has 0 aromatic carbocycles. The molecular weight excluding hydrogens is 280 g/mol. The molecule has 0 aromatic rings. The molecule has 0 radical (unpaired) electrons. The zero-order chi connectivity index (χ0) is 13.2. The van der Waals surface area contributed by atoms with Crippen LogP contribution in [-0.4, -0.2) is 11.1 Å². The van der Waals surface area contributed by atoms with Crippen molar-refractivity contribution >= 4 is 0 Å². The maximum absolute atomic E-state index is 4.75. The van der Waals surface area contributed by atoms with Gasteiger partial charge in [-0.2, -0.15) is 0 Å². The summed E-state index contributed by atoms with van der Waals surface area (Å²) in [4.78, 5) is 0. The third kappa shape index (κ3) is 27.9. The van der Waals surface area contributed by atoms with Crippen LogP contribution in [-0.2, 0) is 19.5 Å². The molecule has 0 spiro atoms. The van der Waals surface area contributed by atoms with Gasteiger partial charge in [0.2, 0.25) is 0 Å². The second-order valence-corrected chi connectivity index (χ2v) is 5.17. The maximum atomic E-state index is 4.75. The van der Waals surface area contributed by atoms with Gasteiger partial charge in [-0.05, 0) is 0 Å². The molecule has 1 aliphatic rings. The van der Waals surface area contributed by atoms with Gasteiger partial charge in [0.05, 0.1) is 0 Å². The SMILES string of the molecule is C=C[CH2-].C=C[CH2-].CC1(C)CCCC(C)(C)[N-]1.[Li+].[Li+].[Li+].[ZnH2]. The summed E-state index contributed by atoms with van der Waals surface area (Å²) in [5, 5.41) is 4.75. The Morgan fingerprint density at radius 2 is 1.05 bits per heavy atom. The topological polar surface area (TPSA) is 14.1 Å². The van der Waals surface area contributed by atoms with Crippen molar-refractivity contribution in [2.45, 2.75) is 58.0 Å². The van der Waals surface area contributed by atoms with E-state index in [9.17, 15) is 0 Å². The minimum absolute atomic E-state index is 0. The van der Waals surface area contributed by atoms with Gasteiger partial charge < -0.3 is 5.32 Å². The molecule has 20 heavy (non-hydrogen) atoms. The average molecular weight is 311 g/mol. The first kappa shape index (κ1) is 37.7. The Kier molecular flexibility index (Phi) is 38.8. The molecule has 0 aliphatic carbocycles. The van der Waals surface area contributed by atoms with E-state index < -0.39 is 0 Å². The number of allylic oxidation sites excluding steroid dienone is 2. The Balaban J connectivity index is -0.0000000432. The molecule has 0 bridgehead atoms. The Morgan fingerprint density at radius 3 is 1.15 bits per heavy atom. The Labute approximate surface area is 177 Å². The van der Waals surface area contributed by atoms with Gasteiger partial charge in [0.25, 0.3) is 0 Å². The Hall–Kier alpha value is 1.60. The molecule has 1 fully saturated rings. The van der Waals surface area contributed by atoms with Crippen molar-refractivity contribution in [2.24, 2.45) is 0 Å². The fourth-order valence-electron chi connectivity index (χ4n) is 1.88. The predicted octanol–water partition coefficient (Wildman–Crippen LogP) is -4.41. The summed E-state index contributed by atoms with van der Waals surface area (Å²) in [5.74, 6) is 0. The molecule has 1 nitrogen and oxygen atoms in total. The van der Waals surface area contributed by atoms with Crippen molar-refractivity contribution in [3.8, 4) is 0 Å². The zero-order valence-electron chi connectivity index (χ0n) is 14.6. The molecule has 5 heteroatoms. The third-order valence-corrected chi connectivity index (χ3v) is 2.18. The van der Waals surface area contributed by atoms with Crippen LogP contribution in [0.2, 0.25) is 0 Å². The van der Waals surface area contributed by atoms with Crippen molar-refractivity contribution in [1.82, 2.24) is 0 Å². The van der Waals surface area contributed by atoms with Crippen LogP contribution in [0.4, 0.5) is 0 Å². The number of piperidine rings is 1. The van der Waals surface area contributed by atoms with Crippen LogP contribution in [0.5, 0.6) is 0 Å². The second kappa shape index (κ2) is 20.6. The average Bonchev–Trinajstić information content (AvgIpc) is 2.01. The number of hydrogen-bond acceptors (Lipinski definition) is 0. The van der Waals surface area contributed by atoms with Gasteiger partial charge in [-0.15, -0.1) is 11.1 Å².